The zero-order valence-electron chi connectivity index (χ0n) is 14.1. The van der Waals surface area contributed by atoms with Crippen LogP contribution in [0.4, 0.5) is 0 Å². The minimum Gasteiger partial charge on any atom is -0.361 e. The highest BCUT2D eigenvalue weighted by atomic mass is 32.1. The van der Waals surface area contributed by atoms with E-state index in [0.717, 1.165) is 11.9 Å². The summed E-state index contributed by atoms with van der Waals surface area (Å²) in [5.74, 6) is -0.0667. The van der Waals surface area contributed by atoms with Crippen molar-refractivity contribution in [3.8, 4) is 0 Å². The molecule has 0 radical (unpaired) electrons. The fraction of sp³-hybridized carbons (Fsp3) is 0.211. The Bertz CT molecular complexity index is 1130. The molecule has 0 bridgehead atoms. The second-order valence-electron chi connectivity index (χ2n) is 6.09. The van der Waals surface area contributed by atoms with Crippen molar-refractivity contribution < 1.29 is 4.79 Å². The maximum absolute atomic E-state index is 12.3. The Morgan fingerprint density at radius 3 is 3.08 bits per heavy atom. The third-order valence-electron chi connectivity index (χ3n) is 4.41. The van der Waals surface area contributed by atoms with E-state index in [9.17, 15) is 9.59 Å². The maximum atomic E-state index is 12.3. The van der Waals surface area contributed by atoms with Gasteiger partial charge in [0.15, 0.2) is 0 Å². The summed E-state index contributed by atoms with van der Waals surface area (Å²) in [5, 5.41) is 5.95. The summed E-state index contributed by atoms with van der Waals surface area (Å²) in [7, 11) is 0. The highest BCUT2D eigenvalue weighted by Gasteiger charge is 2.08. The first-order valence-electron chi connectivity index (χ1n) is 8.47. The number of H-pyrrole nitrogens is 1. The van der Waals surface area contributed by atoms with Gasteiger partial charge in [-0.05, 0) is 29.5 Å². The number of amides is 1. The Morgan fingerprint density at radius 1 is 1.27 bits per heavy atom. The number of benzene rings is 1. The Morgan fingerprint density at radius 2 is 2.15 bits per heavy atom. The van der Waals surface area contributed by atoms with Crippen molar-refractivity contribution in [3.05, 3.63) is 64.2 Å². The molecule has 0 unspecified atom stereocenters. The van der Waals surface area contributed by atoms with Crippen molar-refractivity contribution in [2.24, 2.45) is 0 Å². The van der Waals surface area contributed by atoms with Gasteiger partial charge in [0.1, 0.15) is 4.70 Å². The number of aromatic amines is 1. The summed E-state index contributed by atoms with van der Waals surface area (Å²) in [6.45, 7) is 0.899. The molecule has 2 N–H and O–H groups in total. The lowest BCUT2D eigenvalue weighted by Crippen LogP contribution is -2.28. The van der Waals surface area contributed by atoms with Crippen LogP contribution in [0.2, 0.25) is 0 Å². The highest BCUT2D eigenvalue weighted by Crippen LogP contribution is 2.17. The highest BCUT2D eigenvalue weighted by molar-refractivity contribution is 7.17. The van der Waals surface area contributed by atoms with E-state index in [0.29, 0.717) is 23.3 Å². The van der Waals surface area contributed by atoms with Crippen LogP contribution < -0.4 is 10.9 Å². The summed E-state index contributed by atoms with van der Waals surface area (Å²) >= 11 is 1.38. The average Bonchev–Trinajstić information content (AvgIpc) is 3.29. The van der Waals surface area contributed by atoms with Gasteiger partial charge in [0.2, 0.25) is 5.91 Å². The molecule has 0 aliphatic heterocycles. The number of nitrogens with zero attached hydrogens (tertiary/aromatic N) is 2. The van der Waals surface area contributed by atoms with Crippen LogP contribution in [0, 0.1) is 0 Å². The molecule has 0 spiro atoms. The molecule has 6 nitrogen and oxygen atoms in total. The van der Waals surface area contributed by atoms with Crippen molar-refractivity contribution in [3.63, 3.8) is 0 Å². The number of nitrogens with one attached hydrogen (secondary N) is 2. The van der Waals surface area contributed by atoms with Crippen molar-refractivity contribution in [1.29, 1.82) is 0 Å². The van der Waals surface area contributed by atoms with Gasteiger partial charge < -0.3 is 10.3 Å². The number of carbonyl (C=O) groups is 1. The van der Waals surface area contributed by atoms with Crippen LogP contribution in [-0.2, 0) is 17.8 Å². The monoisotopic (exact) mass is 366 g/mol. The molecule has 0 aliphatic carbocycles. The number of rotatable bonds is 6. The molecule has 132 valence electrons. The molecule has 26 heavy (non-hydrogen) atoms. The summed E-state index contributed by atoms with van der Waals surface area (Å²) < 4.78 is 2.13. The fourth-order valence-electron chi connectivity index (χ4n) is 3.02. The minimum atomic E-state index is -0.0865. The third-order valence-corrected chi connectivity index (χ3v) is 5.30. The Kier molecular flexibility index (Phi) is 4.53. The van der Waals surface area contributed by atoms with Crippen LogP contribution in [0.3, 0.4) is 0 Å². The third kappa shape index (κ3) is 3.25. The lowest BCUT2D eigenvalue weighted by atomic mass is 10.1. The zero-order valence-corrected chi connectivity index (χ0v) is 14.9. The van der Waals surface area contributed by atoms with Crippen LogP contribution in [-0.4, -0.2) is 27.0 Å². The number of hydrogen-bond donors (Lipinski definition) is 2. The van der Waals surface area contributed by atoms with E-state index < -0.39 is 0 Å². The first kappa shape index (κ1) is 16.5. The van der Waals surface area contributed by atoms with Crippen molar-refractivity contribution in [2.45, 2.75) is 19.4 Å². The van der Waals surface area contributed by atoms with Gasteiger partial charge in [0.05, 0.1) is 11.8 Å². The molecule has 0 aliphatic rings. The average molecular weight is 366 g/mol. The number of thiophene rings is 1. The van der Waals surface area contributed by atoms with E-state index in [2.05, 4.69) is 21.4 Å². The summed E-state index contributed by atoms with van der Waals surface area (Å²) in [4.78, 5) is 31.9. The van der Waals surface area contributed by atoms with Gasteiger partial charge in [0, 0.05) is 36.6 Å². The first-order chi connectivity index (χ1) is 12.7. The molecule has 1 aromatic carbocycles. The molecule has 4 rings (SSSR count). The lowest BCUT2D eigenvalue weighted by molar-refractivity contribution is -0.121. The number of aryl methyl sites for hydroxylation is 1. The predicted octanol–water partition coefficient (Wildman–Crippen LogP) is 2.69. The standard InChI is InChI=1S/C19H18N4O2S/c24-17(6-9-23-12-22-16-7-10-26-18(16)19(23)25)20-8-5-13-11-21-15-4-2-1-3-14(13)15/h1-4,7,10-12,21H,5-6,8-9H2,(H,20,24). The van der Waals surface area contributed by atoms with Crippen LogP contribution >= 0.6 is 11.3 Å². The van der Waals surface area contributed by atoms with Gasteiger partial charge >= 0.3 is 0 Å². The molecular formula is C19H18N4O2S. The lowest BCUT2D eigenvalue weighted by Gasteiger charge is -2.07. The molecular weight excluding hydrogens is 348 g/mol. The number of hydrogen-bond acceptors (Lipinski definition) is 4. The molecule has 3 heterocycles. The fourth-order valence-corrected chi connectivity index (χ4v) is 3.82. The minimum absolute atomic E-state index is 0.0667. The number of aromatic nitrogens is 3. The number of carbonyl (C=O) groups excluding carboxylic acids is 1. The largest absolute Gasteiger partial charge is 0.361 e. The quantitative estimate of drug-likeness (QED) is 0.551. The first-order valence-corrected chi connectivity index (χ1v) is 9.34. The molecule has 3 aromatic heterocycles. The van der Waals surface area contributed by atoms with Crippen molar-refractivity contribution in [2.75, 3.05) is 6.54 Å². The normalized spacial score (nSPS) is 11.2. The summed E-state index contributed by atoms with van der Waals surface area (Å²) in [6.07, 6.45) is 4.51. The van der Waals surface area contributed by atoms with Crippen LogP contribution in [0.15, 0.2) is 53.0 Å². The Labute approximate surface area is 153 Å². The summed E-state index contributed by atoms with van der Waals surface area (Å²) in [5.41, 5.74) is 2.91. The summed E-state index contributed by atoms with van der Waals surface area (Å²) in [6, 6.07) is 9.93. The molecule has 4 aromatic rings. The second kappa shape index (κ2) is 7.13. The molecule has 0 saturated heterocycles. The Balaban J connectivity index is 1.31. The van der Waals surface area contributed by atoms with Crippen LogP contribution in [0.1, 0.15) is 12.0 Å². The smallest absolute Gasteiger partial charge is 0.271 e. The van der Waals surface area contributed by atoms with E-state index in [1.165, 1.54) is 33.2 Å². The predicted molar refractivity (Wildman–Crippen MR) is 104 cm³/mol. The van der Waals surface area contributed by atoms with E-state index in [1.807, 2.05) is 35.8 Å². The van der Waals surface area contributed by atoms with Crippen molar-refractivity contribution >= 4 is 38.4 Å². The van der Waals surface area contributed by atoms with Crippen LogP contribution in [0.25, 0.3) is 21.1 Å². The molecule has 7 heteroatoms. The molecule has 0 atom stereocenters. The SMILES string of the molecule is O=C(CCn1cnc2ccsc2c1=O)NCCc1c[nH]c2ccccc12. The van der Waals surface area contributed by atoms with Gasteiger partial charge in [-0.2, -0.15) is 0 Å². The van der Waals surface area contributed by atoms with E-state index in [1.54, 1.807) is 0 Å². The van der Waals surface area contributed by atoms with Gasteiger partial charge in [-0.25, -0.2) is 4.98 Å². The van der Waals surface area contributed by atoms with Gasteiger partial charge in [-0.3, -0.25) is 14.2 Å². The second-order valence-corrected chi connectivity index (χ2v) is 7.00. The molecule has 1 amide bonds. The van der Waals surface area contributed by atoms with E-state index >= 15 is 0 Å². The zero-order chi connectivity index (χ0) is 17.9. The topological polar surface area (TPSA) is 79.8 Å². The number of fused-ring (bicyclic) bond motifs is 2. The number of para-hydroxylation sites is 1. The maximum Gasteiger partial charge on any atom is 0.271 e. The Hall–Kier alpha value is -2.93. The van der Waals surface area contributed by atoms with E-state index in [-0.39, 0.29) is 17.9 Å². The molecule has 0 fully saturated rings. The molecule has 0 saturated carbocycles. The van der Waals surface area contributed by atoms with Crippen LogP contribution in [0.5, 0.6) is 0 Å². The van der Waals surface area contributed by atoms with Gasteiger partial charge in [-0.1, -0.05) is 18.2 Å². The van der Waals surface area contributed by atoms with Gasteiger partial charge in [0.25, 0.3) is 5.56 Å². The van der Waals surface area contributed by atoms with Gasteiger partial charge in [-0.15, -0.1) is 11.3 Å². The van der Waals surface area contributed by atoms with Crippen molar-refractivity contribution in [1.82, 2.24) is 19.9 Å². The van der Waals surface area contributed by atoms with E-state index in [4.69, 9.17) is 0 Å².